The van der Waals surface area contributed by atoms with Crippen LogP contribution in [0.4, 0.5) is 4.39 Å². The minimum absolute atomic E-state index is 0.104. The molecule has 0 atom stereocenters. The highest BCUT2D eigenvalue weighted by atomic mass is 19.1. The first kappa shape index (κ1) is 16.4. The molecule has 0 saturated heterocycles. The van der Waals surface area contributed by atoms with Crippen LogP contribution in [0.25, 0.3) is 0 Å². The summed E-state index contributed by atoms with van der Waals surface area (Å²) < 4.78 is 13.8. The number of oxime groups is 1. The SMILES string of the molecule is N/C(=N/O)c1ccc(CNCCCCCCO)c(F)c1. The average molecular weight is 283 g/mol. The second-order valence-corrected chi connectivity index (χ2v) is 4.61. The Bertz CT molecular complexity index is 438. The van der Waals surface area contributed by atoms with E-state index in [2.05, 4.69) is 10.5 Å². The van der Waals surface area contributed by atoms with Crippen molar-refractivity contribution in [1.29, 1.82) is 0 Å². The number of nitrogens with zero attached hydrogens (tertiary/aromatic N) is 1. The van der Waals surface area contributed by atoms with Crippen LogP contribution in [0.5, 0.6) is 0 Å². The van der Waals surface area contributed by atoms with E-state index in [1.807, 2.05) is 0 Å². The lowest BCUT2D eigenvalue weighted by atomic mass is 10.1. The zero-order valence-corrected chi connectivity index (χ0v) is 11.5. The largest absolute Gasteiger partial charge is 0.409 e. The third-order valence-corrected chi connectivity index (χ3v) is 3.03. The topological polar surface area (TPSA) is 90.9 Å². The molecule has 5 nitrogen and oxygen atoms in total. The third-order valence-electron chi connectivity index (χ3n) is 3.03. The number of aliphatic hydroxyl groups is 1. The fourth-order valence-corrected chi connectivity index (χ4v) is 1.85. The van der Waals surface area contributed by atoms with Gasteiger partial charge in [0.05, 0.1) is 0 Å². The number of unbranched alkanes of at least 4 members (excludes halogenated alkanes) is 3. The molecule has 0 heterocycles. The van der Waals surface area contributed by atoms with Crippen molar-refractivity contribution in [2.24, 2.45) is 10.9 Å². The number of hydrogen-bond acceptors (Lipinski definition) is 4. The van der Waals surface area contributed by atoms with Crippen LogP contribution in [0, 0.1) is 5.82 Å². The molecule has 1 aromatic rings. The normalized spacial score (nSPS) is 11.8. The van der Waals surface area contributed by atoms with Crippen LogP contribution in [0.15, 0.2) is 23.4 Å². The molecule has 1 rings (SSSR count). The van der Waals surface area contributed by atoms with Crippen molar-refractivity contribution in [3.8, 4) is 0 Å². The summed E-state index contributed by atoms with van der Waals surface area (Å²) in [6, 6.07) is 4.51. The molecule has 0 unspecified atom stereocenters. The number of rotatable bonds is 9. The number of benzene rings is 1. The third kappa shape index (κ3) is 5.54. The van der Waals surface area contributed by atoms with Gasteiger partial charge in [0.25, 0.3) is 0 Å². The van der Waals surface area contributed by atoms with Gasteiger partial charge in [-0.25, -0.2) is 4.39 Å². The van der Waals surface area contributed by atoms with E-state index in [0.29, 0.717) is 17.7 Å². The Morgan fingerprint density at radius 1 is 1.25 bits per heavy atom. The van der Waals surface area contributed by atoms with Crippen molar-refractivity contribution in [2.45, 2.75) is 32.2 Å². The van der Waals surface area contributed by atoms with Gasteiger partial charge in [0.1, 0.15) is 5.82 Å². The minimum atomic E-state index is -0.373. The fraction of sp³-hybridized carbons (Fsp3) is 0.500. The zero-order valence-electron chi connectivity index (χ0n) is 11.5. The molecule has 20 heavy (non-hydrogen) atoms. The van der Waals surface area contributed by atoms with E-state index in [-0.39, 0.29) is 18.3 Å². The van der Waals surface area contributed by atoms with Gasteiger partial charge in [-0.1, -0.05) is 30.1 Å². The maximum Gasteiger partial charge on any atom is 0.170 e. The van der Waals surface area contributed by atoms with Gasteiger partial charge < -0.3 is 21.4 Å². The Morgan fingerprint density at radius 2 is 2.00 bits per heavy atom. The Labute approximate surface area is 118 Å². The fourth-order valence-electron chi connectivity index (χ4n) is 1.85. The van der Waals surface area contributed by atoms with Crippen molar-refractivity contribution < 1.29 is 14.7 Å². The van der Waals surface area contributed by atoms with Gasteiger partial charge in [-0.05, 0) is 25.5 Å². The van der Waals surface area contributed by atoms with E-state index in [1.165, 1.54) is 6.07 Å². The van der Waals surface area contributed by atoms with Gasteiger partial charge in [-0.3, -0.25) is 0 Å². The number of aliphatic hydroxyl groups excluding tert-OH is 1. The molecule has 1 aromatic carbocycles. The summed E-state index contributed by atoms with van der Waals surface area (Å²) in [4.78, 5) is 0. The van der Waals surface area contributed by atoms with Crippen LogP contribution >= 0.6 is 0 Å². The van der Waals surface area contributed by atoms with E-state index < -0.39 is 0 Å². The number of nitrogens with two attached hydrogens (primary N) is 1. The smallest absolute Gasteiger partial charge is 0.170 e. The van der Waals surface area contributed by atoms with Crippen LogP contribution in [-0.2, 0) is 6.54 Å². The number of halogens is 1. The molecule has 0 aliphatic carbocycles. The Hall–Kier alpha value is -1.66. The lowest BCUT2D eigenvalue weighted by Crippen LogP contribution is -2.17. The maximum atomic E-state index is 13.8. The average Bonchev–Trinajstić information content (AvgIpc) is 2.46. The molecule has 0 aliphatic heterocycles. The quantitative estimate of drug-likeness (QED) is 0.182. The molecule has 0 radical (unpaired) electrons. The van der Waals surface area contributed by atoms with Crippen LogP contribution in [0.2, 0.25) is 0 Å². The maximum absolute atomic E-state index is 13.8. The molecular formula is C14H22FN3O2. The highest BCUT2D eigenvalue weighted by Crippen LogP contribution is 2.10. The van der Waals surface area contributed by atoms with Crippen molar-refractivity contribution in [2.75, 3.05) is 13.2 Å². The molecule has 0 spiro atoms. The van der Waals surface area contributed by atoms with E-state index >= 15 is 0 Å². The molecule has 0 aliphatic rings. The number of amidine groups is 1. The summed E-state index contributed by atoms with van der Waals surface area (Å²) in [5.74, 6) is -0.478. The van der Waals surface area contributed by atoms with E-state index in [4.69, 9.17) is 16.0 Å². The predicted molar refractivity (Wildman–Crippen MR) is 76.2 cm³/mol. The van der Waals surface area contributed by atoms with Crippen molar-refractivity contribution in [3.63, 3.8) is 0 Å². The highest BCUT2D eigenvalue weighted by molar-refractivity contribution is 5.97. The first-order valence-corrected chi connectivity index (χ1v) is 6.77. The zero-order chi connectivity index (χ0) is 14.8. The summed E-state index contributed by atoms with van der Waals surface area (Å²) in [5, 5.41) is 23.2. The summed E-state index contributed by atoms with van der Waals surface area (Å²) in [5.41, 5.74) is 6.30. The van der Waals surface area contributed by atoms with Crippen LogP contribution < -0.4 is 11.1 Å². The monoisotopic (exact) mass is 283 g/mol. The molecule has 6 heteroatoms. The Balaban J connectivity index is 2.34. The number of hydrogen-bond donors (Lipinski definition) is 4. The van der Waals surface area contributed by atoms with E-state index in [0.717, 1.165) is 32.2 Å². The van der Waals surface area contributed by atoms with E-state index in [9.17, 15) is 4.39 Å². The van der Waals surface area contributed by atoms with Crippen LogP contribution in [-0.4, -0.2) is 29.3 Å². The summed E-state index contributed by atoms with van der Waals surface area (Å²) in [7, 11) is 0. The lowest BCUT2D eigenvalue weighted by molar-refractivity contribution is 0.282. The second-order valence-electron chi connectivity index (χ2n) is 4.61. The molecule has 0 bridgehead atoms. The molecule has 0 aromatic heterocycles. The van der Waals surface area contributed by atoms with Gasteiger partial charge in [-0.15, -0.1) is 0 Å². The molecular weight excluding hydrogens is 261 g/mol. The summed E-state index contributed by atoms with van der Waals surface area (Å²) >= 11 is 0. The standard InChI is InChI=1S/C14H22FN3O2/c15-13-9-11(14(16)18-20)5-6-12(13)10-17-7-3-1-2-4-8-19/h5-6,9,17,19-20H,1-4,7-8,10H2,(H2,16,18). The second kappa shape index (κ2) is 9.28. The first-order chi connectivity index (χ1) is 9.69. The predicted octanol–water partition coefficient (Wildman–Crippen LogP) is 1.56. The van der Waals surface area contributed by atoms with Crippen molar-refractivity contribution >= 4 is 5.84 Å². The van der Waals surface area contributed by atoms with Gasteiger partial charge in [0.2, 0.25) is 0 Å². The van der Waals surface area contributed by atoms with Crippen LogP contribution in [0.3, 0.4) is 0 Å². The minimum Gasteiger partial charge on any atom is -0.409 e. The van der Waals surface area contributed by atoms with Gasteiger partial charge in [0.15, 0.2) is 5.84 Å². The molecule has 0 amide bonds. The Morgan fingerprint density at radius 3 is 2.65 bits per heavy atom. The summed E-state index contributed by atoms with van der Waals surface area (Å²) in [6.07, 6.45) is 3.91. The molecule has 0 fully saturated rings. The number of nitrogens with one attached hydrogen (secondary N) is 1. The van der Waals surface area contributed by atoms with Crippen molar-refractivity contribution in [1.82, 2.24) is 5.32 Å². The molecule has 5 N–H and O–H groups in total. The molecule has 0 saturated carbocycles. The van der Waals surface area contributed by atoms with Gasteiger partial charge in [-0.2, -0.15) is 0 Å². The van der Waals surface area contributed by atoms with Gasteiger partial charge >= 0.3 is 0 Å². The summed E-state index contributed by atoms with van der Waals surface area (Å²) in [6.45, 7) is 1.50. The lowest BCUT2D eigenvalue weighted by Gasteiger charge is -2.07. The highest BCUT2D eigenvalue weighted by Gasteiger charge is 2.06. The van der Waals surface area contributed by atoms with Crippen LogP contribution in [0.1, 0.15) is 36.8 Å². The van der Waals surface area contributed by atoms with Gasteiger partial charge in [0, 0.05) is 24.3 Å². The molecule has 112 valence electrons. The van der Waals surface area contributed by atoms with Crippen molar-refractivity contribution in [3.05, 3.63) is 35.1 Å². The van der Waals surface area contributed by atoms with E-state index in [1.54, 1.807) is 12.1 Å². The first-order valence-electron chi connectivity index (χ1n) is 6.77. The Kier molecular flexibility index (Phi) is 7.60.